The van der Waals surface area contributed by atoms with Crippen molar-refractivity contribution >= 4 is 59.7 Å². The summed E-state index contributed by atoms with van der Waals surface area (Å²) in [6, 6.07) is 39.5. The third kappa shape index (κ3) is 3.04. The lowest BCUT2D eigenvalue weighted by Crippen LogP contribution is -1.99. The molecule has 0 aliphatic carbocycles. The zero-order valence-electron chi connectivity index (χ0n) is 20.5. The number of rotatable bonds is 4. The van der Waals surface area contributed by atoms with Crippen LogP contribution in [0.15, 0.2) is 141 Å². The van der Waals surface area contributed by atoms with Crippen molar-refractivity contribution in [2.45, 2.75) is 0 Å². The molecule has 0 fully saturated rings. The van der Waals surface area contributed by atoms with Crippen LogP contribution in [0.2, 0.25) is 0 Å². The third-order valence-corrected chi connectivity index (χ3v) is 7.50. The molecule has 7 aromatic rings. The molecule has 0 aliphatic heterocycles. The van der Waals surface area contributed by atoms with Crippen molar-refractivity contribution in [3.05, 3.63) is 146 Å². The number of fused-ring (bicyclic) bond motifs is 10. The number of hydrogen-bond donors (Lipinski definition) is 0. The normalized spacial score (nSPS) is 12.2. The first-order valence-electron chi connectivity index (χ1n) is 12.6. The van der Waals surface area contributed by atoms with Gasteiger partial charge in [-0.1, -0.05) is 128 Å². The van der Waals surface area contributed by atoms with Crippen molar-refractivity contribution < 1.29 is 0 Å². The summed E-state index contributed by atoms with van der Waals surface area (Å²) in [4.78, 5) is 0. The Hall–Kier alpha value is -4.88. The fourth-order valence-electron chi connectivity index (χ4n) is 6.00. The summed E-state index contributed by atoms with van der Waals surface area (Å²) in [6.07, 6.45) is 5.77. The Morgan fingerprint density at radius 1 is 0.568 bits per heavy atom. The Morgan fingerprint density at radius 3 is 2.00 bits per heavy atom. The molecule has 0 saturated carbocycles. The van der Waals surface area contributed by atoms with Gasteiger partial charge in [0, 0.05) is 21.7 Å². The van der Waals surface area contributed by atoms with E-state index in [4.69, 9.17) is 0 Å². The van der Waals surface area contributed by atoms with E-state index in [1.54, 1.807) is 0 Å². The predicted octanol–water partition coefficient (Wildman–Crippen LogP) is 10.00. The summed E-state index contributed by atoms with van der Waals surface area (Å²) in [6.45, 7) is 8.04. The van der Waals surface area contributed by atoms with Gasteiger partial charge >= 0.3 is 0 Å². The van der Waals surface area contributed by atoms with Gasteiger partial charge in [0.25, 0.3) is 0 Å². The third-order valence-electron chi connectivity index (χ3n) is 7.50. The maximum Gasteiger partial charge on any atom is 0.0626 e. The van der Waals surface area contributed by atoms with E-state index in [0.29, 0.717) is 0 Å². The molecule has 0 amide bonds. The van der Waals surface area contributed by atoms with Crippen LogP contribution in [-0.4, -0.2) is 4.57 Å². The fraction of sp³-hybridized carbons (Fsp3) is 0. The van der Waals surface area contributed by atoms with Crippen LogP contribution in [0.3, 0.4) is 0 Å². The molecule has 174 valence electrons. The molecule has 0 atom stereocenters. The largest absolute Gasteiger partial charge is 0.308 e. The van der Waals surface area contributed by atoms with Crippen LogP contribution in [-0.2, 0) is 0 Å². The highest BCUT2D eigenvalue weighted by atomic mass is 15.0. The SMILES string of the molecule is C=C/C=C(\C=C)c1ccccc1-n1c2ccccc2c2c3ccccc3c3c4ccccc4ccc3c21. The summed E-state index contributed by atoms with van der Waals surface area (Å²) in [7, 11) is 0. The van der Waals surface area contributed by atoms with Crippen molar-refractivity contribution in [3.63, 3.8) is 0 Å². The van der Waals surface area contributed by atoms with E-state index in [2.05, 4.69) is 127 Å². The molecule has 1 heterocycles. The molecular weight excluding hydrogens is 446 g/mol. The molecule has 0 unspecified atom stereocenters. The maximum absolute atomic E-state index is 4.10. The molecule has 0 bridgehead atoms. The highest BCUT2D eigenvalue weighted by molar-refractivity contribution is 6.36. The highest BCUT2D eigenvalue weighted by Gasteiger charge is 2.21. The van der Waals surface area contributed by atoms with E-state index in [0.717, 1.165) is 16.8 Å². The lowest BCUT2D eigenvalue weighted by atomic mass is 9.93. The average molecular weight is 472 g/mol. The van der Waals surface area contributed by atoms with Gasteiger partial charge in [-0.25, -0.2) is 0 Å². The van der Waals surface area contributed by atoms with Crippen molar-refractivity contribution in [1.29, 1.82) is 0 Å². The van der Waals surface area contributed by atoms with Crippen LogP contribution >= 0.6 is 0 Å². The van der Waals surface area contributed by atoms with Gasteiger partial charge in [0.05, 0.1) is 16.7 Å². The van der Waals surface area contributed by atoms with Crippen molar-refractivity contribution in [2.24, 2.45) is 0 Å². The highest BCUT2D eigenvalue weighted by Crippen LogP contribution is 2.45. The van der Waals surface area contributed by atoms with Crippen molar-refractivity contribution in [2.75, 3.05) is 0 Å². The van der Waals surface area contributed by atoms with Gasteiger partial charge in [-0.3, -0.25) is 0 Å². The molecule has 0 radical (unpaired) electrons. The van der Waals surface area contributed by atoms with E-state index >= 15 is 0 Å². The first-order chi connectivity index (χ1) is 18.3. The van der Waals surface area contributed by atoms with Gasteiger partial charge in [0.1, 0.15) is 0 Å². The standard InChI is InChI=1S/C36H25N/c1-3-13-24(4-2)26-15-9-11-20-32(26)37-33-21-12-10-19-30(33)35-29-18-8-7-17-28(29)34-27-16-6-5-14-25(27)22-23-31(34)36(35)37/h3-23H,1-2H2/b24-13+. The summed E-state index contributed by atoms with van der Waals surface area (Å²) >= 11 is 0. The molecule has 1 aromatic heterocycles. The molecule has 37 heavy (non-hydrogen) atoms. The number of allylic oxidation sites excluding steroid dienone is 4. The molecular formula is C36H25N. The second-order valence-electron chi connectivity index (χ2n) is 9.41. The van der Waals surface area contributed by atoms with Gasteiger partial charge in [-0.05, 0) is 44.6 Å². The number of para-hydroxylation sites is 2. The lowest BCUT2D eigenvalue weighted by Gasteiger charge is -2.17. The molecule has 0 N–H and O–H groups in total. The van der Waals surface area contributed by atoms with Crippen molar-refractivity contribution in [3.8, 4) is 5.69 Å². The summed E-state index contributed by atoms with van der Waals surface area (Å²) in [5, 5.41) is 10.2. The number of nitrogens with zero attached hydrogens (tertiary/aromatic N) is 1. The monoisotopic (exact) mass is 471 g/mol. The molecule has 1 nitrogen and oxygen atoms in total. The lowest BCUT2D eigenvalue weighted by molar-refractivity contribution is 1.18. The Bertz CT molecular complexity index is 2070. The second kappa shape index (κ2) is 8.36. The molecule has 7 rings (SSSR count). The molecule has 0 spiro atoms. The van der Waals surface area contributed by atoms with Gasteiger partial charge < -0.3 is 4.57 Å². The molecule has 6 aromatic carbocycles. The van der Waals surface area contributed by atoms with Crippen molar-refractivity contribution in [1.82, 2.24) is 4.57 Å². The summed E-state index contributed by atoms with van der Waals surface area (Å²) in [5.74, 6) is 0. The number of hydrogen-bond acceptors (Lipinski definition) is 0. The zero-order chi connectivity index (χ0) is 24.9. The van der Waals surface area contributed by atoms with Gasteiger partial charge in [-0.15, -0.1) is 0 Å². The van der Waals surface area contributed by atoms with Crippen LogP contribution in [0.25, 0.3) is 65.4 Å². The van der Waals surface area contributed by atoms with E-state index in [1.807, 2.05) is 18.2 Å². The molecule has 1 heteroatoms. The van der Waals surface area contributed by atoms with Gasteiger partial charge in [0.2, 0.25) is 0 Å². The molecule has 0 aliphatic rings. The van der Waals surface area contributed by atoms with E-state index in [-0.39, 0.29) is 0 Å². The predicted molar refractivity (Wildman–Crippen MR) is 162 cm³/mol. The van der Waals surface area contributed by atoms with Crippen LogP contribution < -0.4 is 0 Å². The topological polar surface area (TPSA) is 4.93 Å². The second-order valence-corrected chi connectivity index (χ2v) is 9.41. The summed E-state index contributed by atoms with van der Waals surface area (Å²) in [5.41, 5.74) is 5.73. The Morgan fingerprint density at radius 2 is 1.22 bits per heavy atom. The van der Waals surface area contributed by atoms with Crippen LogP contribution in [0.4, 0.5) is 0 Å². The van der Waals surface area contributed by atoms with E-state index in [1.165, 1.54) is 54.1 Å². The molecule has 0 saturated heterocycles. The van der Waals surface area contributed by atoms with Crippen LogP contribution in [0, 0.1) is 0 Å². The zero-order valence-corrected chi connectivity index (χ0v) is 20.5. The quantitative estimate of drug-likeness (QED) is 0.178. The fourth-order valence-corrected chi connectivity index (χ4v) is 6.00. The first kappa shape index (κ1) is 21.4. The Labute approximate surface area is 215 Å². The Balaban J connectivity index is 1.80. The smallest absolute Gasteiger partial charge is 0.0626 e. The minimum atomic E-state index is 1.05. The van der Waals surface area contributed by atoms with Gasteiger partial charge in [-0.2, -0.15) is 0 Å². The first-order valence-corrected chi connectivity index (χ1v) is 12.6. The van der Waals surface area contributed by atoms with Gasteiger partial charge in [0.15, 0.2) is 0 Å². The Kier molecular flexibility index (Phi) is 4.84. The number of aromatic nitrogens is 1. The van der Waals surface area contributed by atoms with Crippen LogP contribution in [0.5, 0.6) is 0 Å². The van der Waals surface area contributed by atoms with Crippen LogP contribution in [0.1, 0.15) is 5.56 Å². The maximum atomic E-state index is 4.10. The minimum Gasteiger partial charge on any atom is -0.308 e. The number of benzene rings is 6. The van der Waals surface area contributed by atoms with E-state index in [9.17, 15) is 0 Å². The van der Waals surface area contributed by atoms with E-state index < -0.39 is 0 Å². The average Bonchev–Trinajstić information content (AvgIpc) is 3.31. The minimum absolute atomic E-state index is 1.05. The summed E-state index contributed by atoms with van der Waals surface area (Å²) < 4.78 is 2.45.